The van der Waals surface area contributed by atoms with Crippen LogP contribution in [-0.2, 0) is 11.3 Å². The van der Waals surface area contributed by atoms with Crippen LogP contribution in [0.1, 0.15) is 54.0 Å². The van der Waals surface area contributed by atoms with Crippen LogP contribution in [0.25, 0.3) is 5.00 Å². The largest absolute Gasteiger partial charge is 0.481 e. The highest BCUT2D eigenvalue weighted by Crippen LogP contribution is 2.36. The van der Waals surface area contributed by atoms with E-state index < -0.39 is 5.97 Å². The van der Waals surface area contributed by atoms with Crippen molar-refractivity contribution in [3.8, 4) is 5.00 Å². The summed E-state index contributed by atoms with van der Waals surface area (Å²) in [7, 11) is 0. The van der Waals surface area contributed by atoms with Gasteiger partial charge in [0.25, 0.3) is 5.97 Å². The third-order valence-electron chi connectivity index (χ3n) is 4.19. The number of aliphatic carboxylic acids is 1. The molecule has 0 saturated heterocycles. The molecule has 6 nitrogen and oxygen atoms in total. The summed E-state index contributed by atoms with van der Waals surface area (Å²) in [4.78, 5) is 15.1. The Morgan fingerprint density at radius 3 is 2.31 bits per heavy atom. The van der Waals surface area contributed by atoms with E-state index in [-0.39, 0.29) is 0 Å². The van der Waals surface area contributed by atoms with E-state index in [1.807, 2.05) is 45.0 Å². The second-order valence-corrected chi connectivity index (χ2v) is 7.79. The summed E-state index contributed by atoms with van der Waals surface area (Å²) in [6, 6.07) is 7.86. The minimum Gasteiger partial charge on any atom is -0.481 e. The molecular weight excluding hydrogens is 408 g/mol. The number of aliphatic imine (C=N–C) groups is 1. The lowest BCUT2D eigenvalue weighted by atomic mass is 10.00. The van der Waals surface area contributed by atoms with Crippen molar-refractivity contribution in [2.45, 2.75) is 48.1 Å². The van der Waals surface area contributed by atoms with Crippen molar-refractivity contribution in [1.29, 1.82) is 0 Å². The first-order chi connectivity index (χ1) is 13.8. The van der Waals surface area contributed by atoms with Gasteiger partial charge in [0.1, 0.15) is 17.4 Å². The van der Waals surface area contributed by atoms with Gasteiger partial charge in [0.15, 0.2) is 5.82 Å². The van der Waals surface area contributed by atoms with Crippen LogP contribution in [-0.4, -0.2) is 31.6 Å². The molecule has 0 atom stereocenters. The van der Waals surface area contributed by atoms with Crippen molar-refractivity contribution in [3.05, 3.63) is 62.5 Å². The molecule has 8 heteroatoms. The number of rotatable bonds is 1. The van der Waals surface area contributed by atoms with E-state index in [0.717, 1.165) is 39.9 Å². The summed E-state index contributed by atoms with van der Waals surface area (Å²) in [6.45, 7) is 11.9. The molecule has 3 aromatic rings. The minimum atomic E-state index is -0.833. The van der Waals surface area contributed by atoms with E-state index in [1.54, 1.807) is 11.3 Å². The SMILES string of the molecule is CC.CC(=O)O.Cc1sc2c(c1C)C(c1ccc(Cl)cc1)=NCc1nnc(C)n1-2. The van der Waals surface area contributed by atoms with Gasteiger partial charge in [-0.3, -0.25) is 14.4 Å². The van der Waals surface area contributed by atoms with E-state index in [0.29, 0.717) is 6.54 Å². The fourth-order valence-electron chi connectivity index (χ4n) is 2.89. The second kappa shape index (κ2) is 9.80. The number of aryl methyl sites for hydroxylation is 2. The number of fused-ring (bicyclic) bond motifs is 3. The van der Waals surface area contributed by atoms with Gasteiger partial charge < -0.3 is 5.11 Å². The summed E-state index contributed by atoms with van der Waals surface area (Å²) in [6.07, 6.45) is 0. The predicted molar refractivity (Wildman–Crippen MR) is 119 cm³/mol. The van der Waals surface area contributed by atoms with E-state index in [1.165, 1.54) is 16.0 Å². The summed E-state index contributed by atoms with van der Waals surface area (Å²) in [5.74, 6) is 0.948. The Labute approximate surface area is 179 Å². The van der Waals surface area contributed by atoms with Crippen LogP contribution in [0.15, 0.2) is 29.3 Å². The van der Waals surface area contributed by atoms with Gasteiger partial charge >= 0.3 is 0 Å². The molecule has 1 aliphatic rings. The van der Waals surface area contributed by atoms with Crippen molar-refractivity contribution < 1.29 is 9.90 Å². The third-order valence-corrected chi connectivity index (χ3v) is 5.64. The molecule has 1 aromatic carbocycles. The quantitative estimate of drug-likeness (QED) is 0.560. The molecule has 1 aliphatic heterocycles. The average molecular weight is 433 g/mol. The van der Waals surface area contributed by atoms with Crippen LogP contribution < -0.4 is 0 Å². The fraction of sp³-hybridized carbons (Fsp3) is 0.333. The second-order valence-electron chi connectivity index (χ2n) is 6.15. The number of aromatic nitrogens is 3. The number of hydrogen-bond acceptors (Lipinski definition) is 5. The lowest BCUT2D eigenvalue weighted by molar-refractivity contribution is -0.134. The zero-order valence-corrected chi connectivity index (χ0v) is 19.0. The van der Waals surface area contributed by atoms with Crippen molar-refractivity contribution >= 4 is 34.6 Å². The first-order valence-corrected chi connectivity index (χ1v) is 10.5. The molecule has 1 N–H and O–H groups in total. The van der Waals surface area contributed by atoms with Gasteiger partial charge in [-0.15, -0.1) is 21.5 Å². The molecular formula is C21H25ClN4O2S. The minimum absolute atomic E-state index is 0.526. The van der Waals surface area contributed by atoms with Crippen LogP contribution >= 0.6 is 22.9 Å². The van der Waals surface area contributed by atoms with Crippen LogP contribution in [0.4, 0.5) is 0 Å². The van der Waals surface area contributed by atoms with Gasteiger partial charge in [-0.25, -0.2) is 0 Å². The Kier molecular flexibility index (Phi) is 7.70. The molecule has 29 heavy (non-hydrogen) atoms. The van der Waals surface area contributed by atoms with Gasteiger partial charge in [0.05, 0.1) is 5.71 Å². The van der Waals surface area contributed by atoms with Crippen molar-refractivity contribution in [1.82, 2.24) is 14.8 Å². The van der Waals surface area contributed by atoms with Crippen LogP contribution in [0.5, 0.6) is 0 Å². The summed E-state index contributed by atoms with van der Waals surface area (Å²) in [5.41, 5.74) is 4.52. The summed E-state index contributed by atoms with van der Waals surface area (Å²) < 4.78 is 2.13. The van der Waals surface area contributed by atoms with E-state index in [2.05, 4.69) is 28.6 Å². The molecule has 0 amide bonds. The maximum Gasteiger partial charge on any atom is 0.300 e. The Hall–Kier alpha value is -2.51. The average Bonchev–Trinajstić information content (AvgIpc) is 3.12. The number of hydrogen-bond donors (Lipinski definition) is 1. The van der Waals surface area contributed by atoms with Crippen molar-refractivity contribution in [3.63, 3.8) is 0 Å². The Morgan fingerprint density at radius 1 is 1.14 bits per heavy atom. The van der Waals surface area contributed by atoms with Crippen molar-refractivity contribution in [2.24, 2.45) is 4.99 Å². The monoisotopic (exact) mass is 432 g/mol. The normalized spacial score (nSPS) is 11.6. The van der Waals surface area contributed by atoms with Gasteiger partial charge in [-0.05, 0) is 38.5 Å². The standard InChI is InChI=1S/C17H15ClN4S.C2H4O2.C2H6/c1-9-10(2)23-17-15(9)16(12-4-6-13(18)7-5-12)19-8-14-21-20-11(3)22(14)17;1-2(3)4;1-2/h4-7H,8H2,1-3H3;1H3,(H,3,4);1-2H3. The van der Waals surface area contributed by atoms with Crippen LogP contribution in [0.3, 0.4) is 0 Å². The van der Waals surface area contributed by atoms with Crippen molar-refractivity contribution in [2.75, 3.05) is 0 Å². The number of carboxylic acid groups (broad SMARTS) is 1. The predicted octanol–water partition coefficient (Wildman–Crippen LogP) is 5.38. The maximum absolute atomic E-state index is 9.00. The van der Waals surface area contributed by atoms with E-state index in [4.69, 9.17) is 26.5 Å². The molecule has 0 fully saturated rings. The molecule has 0 radical (unpaired) electrons. The molecule has 4 rings (SSSR count). The smallest absolute Gasteiger partial charge is 0.300 e. The highest BCUT2D eigenvalue weighted by atomic mass is 35.5. The lowest BCUT2D eigenvalue weighted by Gasteiger charge is -2.09. The number of halogens is 1. The third kappa shape index (κ3) is 4.92. The van der Waals surface area contributed by atoms with Crippen LogP contribution in [0, 0.1) is 20.8 Å². The highest BCUT2D eigenvalue weighted by Gasteiger charge is 2.26. The molecule has 0 bridgehead atoms. The summed E-state index contributed by atoms with van der Waals surface area (Å²) in [5, 5.41) is 17.8. The molecule has 0 spiro atoms. The van der Waals surface area contributed by atoms with Gasteiger partial charge in [-0.2, -0.15) is 0 Å². The molecule has 2 aromatic heterocycles. The number of nitrogens with zero attached hydrogens (tertiary/aromatic N) is 4. The first-order valence-electron chi connectivity index (χ1n) is 9.31. The fourth-order valence-corrected chi connectivity index (χ4v) is 4.24. The van der Waals surface area contributed by atoms with E-state index >= 15 is 0 Å². The highest BCUT2D eigenvalue weighted by molar-refractivity contribution is 7.15. The zero-order valence-electron chi connectivity index (χ0n) is 17.4. The number of carbonyl (C=O) groups is 1. The van der Waals surface area contributed by atoms with Gasteiger partial charge in [0, 0.05) is 28.0 Å². The molecule has 0 unspecified atom stereocenters. The van der Waals surface area contributed by atoms with Crippen LogP contribution in [0.2, 0.25) is 5.02 Å². The number of carboxylic acids is 1. The lowest BCUT2D eigenvalue weighted by Crippen LogP contribution is -2.07. The first kappa shape index (κ1) is 22.8. The maximum atomic E-state index is 9.00. The van der Waals surface area contributed by atoms with Gasteiger partial charge in [-0.1, -0.05) is 37.6 Å². The van der Waals surface area contributed by atoms with Gasteiger partial charge in [0.2, 0.25) is 0 Å². The zero-order chi connectivity index (χ0) is 21.7. The summed E-state index contributed by atoms with van der Waals surface area (Å²) >= 11 is 7.80. The molecule has 0 aliphatic carbocycles. The van der Waals surface area contributed by atoms with E-state index in [9.17, 15) is 0 Å². The molecule has 0 saturated carbocycles. The Balaban J connectivity index is 0.000000449. The number of benzene rings is 1. The Bertz CT molecular complexity index is 1030. The topological polar surface area (TPSA) is 80.4 Å². The number of thiophene rings is 1. The molecule has 154 valence electrons. The molecule has 3 heterocycles. The Morgan fingerprint density at radius 2 is 1.72 bits per heavy atom.